The van der Waals surface area contributed by atoms with Crippen LogP contribution in [0, 0.1) is 0 Å². The second-order valence-electron chi connectivity index (χ2n) is 4.85. The van der Waals surface area contributed by atoms with Crippen molar-refractivity contribution in [1.82, 2.24) is 0 Å². The second kappa shape index (κ2) is 7.71. The fraction of sp³-hybridized carbons (Fsp3) is 0.118. The summed E-state index contributed by atoms with van der Waals surface area (Å²) < 4.78 is 9.35. The number of hydrogen-bond donors (Lipinski definition) is 2. The summed E-state index contributed by atoms with van der Waals surface area (Å²) in [5, 5.41) is 9.14. The maximum atomic E-state index is 11.9. The highest BCUT2D eigenvalue weighted by molar-refractivity contribution is 7.99. The predicted molar refractivity (Wildman–Crippen MR) is 91.1 cm³/mol. The molecule has 0 fully saturated rings. The second-order valence-corrected chi connectivity index (χ2v) is 5.94. The van der Waals surface area contributed by atoms with Gasteiger partial charge in [-0.2, -0.15) is 0 Å². The van der Waals surface area contributed by atoms with Crippen LogP contribution in [0.2, 0.25) is 0 Å². The van der Waals surface area contributed by atoms with Crippen molar-refractivity contribution in [3.05, 3.63) is 53.1 Å². The van der Waals surface area contributed by atoms with Gasteiger partial charge in [-0.15, -0.1) is 0 Å². The Morgan fingerprint density at radius 1 is 0.920 bits per heavy atom. The molecule has 0 aliphatic rings. The van der Waals surface area contributed by atoms with Gasteiger partial charge >= 0.3 is 17.9 Å². The standard InChI is InChI=1S/C17H15NO6S/c1-23-16(21)10-4-6-13(12(18)7-10)25-14-8-9(15(19)20)3-5-11(14)17(22)24-2/h3-8H,18H2,1-2H3,(H,19,20). The molecule has 0 heterocycles. The van der Waals surface area contributed by atoms with E-state index in [2.05, 4.69) is 4.74 Å². The predicted octanol–water partition coefficient (Wildman–Crippen LogP) is 2.69. The zero-order valence-corrected chi connectivity index (χ0v) is 14.3. The number of aromatic carboxylic acids is 1. The van der Waals surface area contributed by atoms with E-state index < -0.39 is 17.9 Å². The maximum Gasteiger partial charge on any atom is 0.339 e. The zero-order chi connectivity index (χ0) is 18.6. The number of esters is 2. The molecular weight excluding hydrogens is 346 g/mol. The number of carbonyl (C=O) groups is 3. The molecule has 2 aromatic carbocycles. The lowest BCUT2D eigenvalue weighted by molar-refractivity contribution is 0.0589. The smallest absolute Gasteiger partial charge is 0.339 e. The Morgan fingerprint density at radius 2 is 1.56 bits per heavy atom. The molecule has 0 saturated heterocycles. The first-order chi connectivity index (χ1) is 11.9. The molecule has 0 saturated carbocycles. The number of rotatable bonds is 5. The van der Waals surface area contributed by atoms with Gasteiger partial charge in [0.15, 0.2) is 0 Å². The number of anilines is 1. The average molecular weight is 361 g/mol. The summed E-state index contributed by atoms with van der Waals surface area (Å²) in [6, 6.07) is 8.66. The summed E-state index contributed by atoms with van der Waals surface area (Å²) in [5.41, 5.74) is 6.79. The molecule has 25 heavy (non-hydrogen) atoms. The fourth-order valence-electron chi connectivity index (χ4n) is 2.02. The van der Waals surface area contributed by atoms with E-state index in [0.717, 1.165) is 11.8 Å². The van der Waals surface area contributed by atoms with Crippen molar-refractivity contribution in [2.24, 2.45) is 0 Å². The van der Waals surface area contributed by atoms with Crippen LogP contribution in [-0.4, -0.2) is 37.2 Å². The molecule has 2 aromatic rings. The summed E-state index contributed by atoms with van der Waals surface area (Å²) in [5.74, 6) is -2.23. The van der Waals surface area contributed by atoms with Gasteiger partial charge in [0.25, 0.3) is 0 Å². The van der Waals surface area contributed by atoms with Crippen LogP contribution in [0.3, 0.4) is 0 Å². The number of carboxylic acid groups (broad SMARTS) is 1. The average Bonchev–Trinajstić information content (AvgIpc) is 2.61. The largest absolute Gasteiger partial charge is 0.478 e. The first-order valence-electron chi connectivity index (χ1n) is 6.98. The SMILES string of the molecule is COC(=O)c1ccc(Sc2cc(C(=O)O)ccc2C(=O)OC)c(N)c1. The van der Waals surface area contributed by atoms with E-state index in [0.29, 0.717) is 15.5 Å². The van der Waals surface area contributed by atoms with Crippen LogP contribution < -0.4 is 5.73 Å². The lowest BCUT2D eigenvalue weighted by Crippen LogP contribution is -2.06. The van der Waals surface area contributed by atoms with Gasteiger partial charge < -0.3 is 20.3 Å². The van der Waals surface area contributed by atoms with Crippen LogP contribution >= 0.6 is 11.8 Å². The van der Waals surface area contributed by atoms with E-state index in [1.165, 1.54) is 44.6 Å². The summed E-state index contributed by atoms with van der Waals surface area (Å²) in [6.45, 7) is 0. The van der Waals surface area contributed by atoms with Gasteiger partial charge in [0.2, 0.25) is 0 Å². The maximum absolute atomic E-state index is 11.9. The number of ether oxygens (including phenoxy) is 2. The van der Waals surface area contributed by atoms with Gasteiger partial charge in [0, 0.05) is 15.5 Å². The molecular formula is C17H15NO6S. The van der Waals surface area contributed by atoms with E-state index in [4.69, 9.17) is 15.6 Å². The third-order valence-corrected chi connectivity index (χ3v) is 4.43. The van der Waals surface area contributed by atoms with E-state index in [1.54, 1.807) is 6.07 Å². The fourth-order valence-corrected chi connectivity index (χ4v) is 3.02. The van der Waals surface area contributed by atoms with Crippen LogP contribution in [0.5, 0.6) is 0 Å². The van der Waals surface area contributed by atoms with E-state index in [1.807, 2.05) is 0 Å². The monoisotopic (exact) mass is 361 g/mol. The van der Waals surface area contributed by atoms with Crippen molar-refractivity contribution < 1.29 is 29.0 Å². The van der Waals surface area contributed by atoms with Gasteiger partial charge in [0.1, 0.15) is 0 Å². The van der Waals surface area contributed by atoms with Gasteiger partial charge in [-0.3, -0.25) is 0 Å². The molecule has 3 N–H and O–H groups in total. The molecule has 0 unspecified atom stereocenters. The molecule has 0 atom stereocenters. The molecule has 8 heteroatoms. The van der Waals surface area contributed by atoms with Crippen molar-refractivity contribution in [2.45, 2.75) is 9.79 Å². The molecule has 0 aliphatic heterocycles. The Bertz CT molecular complexity index is 849. The Hall–Kier alpha value is -3.00. The van der Waals surface area contributed by atoms with Crippen molar-refractivity contribution in [3.8, 4) is 0 Å². The number of carbonyl (C=O) groups excluding carboxylic acids is 2. The minimum absolute atomic E-state index is 0.0277. The minimum Gasteiger partial charge on any atom is -0.478 e. The third-order valence-electron chi connectivity index (χ3n) is 3.28. The number of hydrogen-bond acceptors (Lipinski definition) is 7. The summed E-state index contributed by atoms with van der Waals surface area (Å²) >= 11 is 1.10. The van der Waals surface area contributed by atoms with Gasteiger partial charge in [-0.1, -0.05) is 11.8 Å². The van der Waals surface area contributed by atoms with Crippen molar-refractivity contribution in [3.63, 3.8) is 0 Å². The van der Waals surface area contributed by atoms with Crippen LogP contribution in [0.4, 0.5) is 5.69 Å². The summed E-state index contributed by atoms with van der Waals surface area (Å²) in [7, 11) is 2.50. The van der Waals surface area contributed by atoms with Crippen LogP contribution in [0.15, 0.2) is 46.2 Å². The van der Waals surface area contributed by atoms with Gasteiger partial charge in [-0.05, 0) is 36.4 Å². The van der Waals surface area contributed by atoms with Crippen LogP contribution in [0.1, 0.15) is 31.1 Å². The lowest BCUT2D eigenvalue weighted by atomic mass is 10.1. The van der Waals surface area contributed by atoms with Gasteiger partial charge in [-0.25, -0.2) is 14.4 Å². The van der Waals surface area contributed by atoms with E-state index >= 15 is 0 Å². The molecule has 0 bridgehead atoms. The number of nitrogens with two attached hydrogens (primary N) is 1. The van der Waals surface area contributed by atoms with Crippen molar-refractivity contribution in [1.29, 1.82) is 0 Å². The van der Waals surface area contributed by atoms with E-state index in [9.17, 15) is 14.4 Å². The third kappa shape index (κ3) is 4.10. The molecule has 0 amide bonds. The Kier molecular flexibility index (Phi) is 5.66. The first-order valence-corrected chi connectivity index (χ1v) is 7.80. The topological polar surface area (TPSA) is 116 Å². The first kappa shape index (κ1) is 18.3. The molecule has 0 aromatic heterocycles. The van der Waals surface area contributed by atoms with E-state index in [-0.39, 0.29) is 16.7 Å². The minimum atomic E-state index is -1.12. The van der Waals surface area contributed by atoms with Crippen LogP contribution in [-0.2, 0) is 9.47 Å². The normalized spacial score (nSPS) is 10.2. The summed E-state index contributed by atoms with van der Waals surface area (Å²) in [6.07, 6.45) is 0. The molecule has 7 nitrogen and oxygen atoms in total. The van der Waals surface area contributed by atoms with Crippen LogP contribution in [0.25, 0.3) is 0 Å². The molecule has 0 aliphatic carbocycles. The Balaban J connectivity index is 2.44. The Labute approximate surface area is 147 Å². The molecule has 0 spiro atoms. The zero-order valence-electron chi connectivity index (χ0n) is 13.4. The molecule has 0 radical (unpaired) electrons. The number of methoxy groups -OCH3 is 2. The quantitative estimate of drug-likeness (QED) is 0.617. The number of carboxylic acids is 1. The highest BCUT2D eigenvalue weighted by Crippen LogP contribution is 2.35. The number of nitrogen functional groups attached to an aromatic ring is 1. The number of benzene rings is 2. The van der Waals surface area contributed by atoms with Crippen molar-refractivity contribution >= 4 is 35.4 Å². The Morgan fingerprint density at radius 3 is 2.12 bits per heavy atom. The summed E-state index contributed by atoms with van der Waals surface area (Å²) in [4.78, 5) is 35.5. The highest BCUT2D eigenvalue weighted by Gasteiger charge is 2.17. The van der Waals surface area contributed by atoms with Crippen molar-refractivity contribution in [2.75, 3.05) is 20.0 Å². The highest BCUT2D eigenvalue weighted by atomic mass is 32.2. The molecule has 130 valence electrons. The van der Waals surface area contributed by atoms with Gasteiger partial charge in [0.05, 0.1) is 30.9 Å². The lowest BCUT2D eigenvalue weighted by Gasteiger charge is -2.11. The molecule has 2 rings (SSSR count).